The number of alkyl halides is 3. The molecule has 5 N–H and O–H groups in total. The Hall–Kier alpha value is -2.27. The van der Waals surface area contributed by atoms with Crippen molar-refractivity contribution in [1.82, 2.24) is 21.3 Å². The van der Waals surface area contributed by atoms with Gasteiger partial charge in [0, 0.05) is 30.1 Å². The molecule has 0 fully saturated rings. The number of hydrogen-bond acceptors (Lipinski definition) is 6. The molecule has 0 saturated heterocycles. The SMILES string of the molecule is Cc1sc(C(=O)N[C@H](CN)Cc2ccccc2C(F)(F)F)cc1C1=C(Cl)NNN1C. The number of hydrogen-bond donors (Lipinski definition) is 4. The van der Waals surface area contributed by atoms with E-state index in [9.17, 15) is 18.0 Å². The first kappa shape index (κ1) is 22.4. The van der Waals surface area contributed by atoms with Crippen LogP contribution in [0.5, 0.6) is 0 Å². The van der Waals surface area contributed by atoms with Crippen LogP contribution in [0.1, 0.15) is 31.2 Å². The quantitative estimate of drug-likeness (QED) is 0.499. The Morgan fingerprint density at radius 2 is 2.07 bits per heavy atom. The number of nitrogens with two attached hydrogens (primary N) is 1. The maximum Gasteiger partial charge on any atom is 0.416 e. The normalized spacial score (nSPS) is 15.4. The molecule has 0 bridgehead atoms. The van der Waals surface area contributed by atoms with Gasteiger partial charge < -0.3 is 11.1 Å². The van der Waals surface area contributed by atoms with Crippen molar-refractivity contribution in [2.24, 2.45) is 5.73 Å². The van der Waals surface area contributed by atoms with Crippen LogP contribution in [0.15, 0.2) is 35.5 Å². The third-order valence-corrected chi connectivity index (χ3v) is 6.00. The van der Waals surface area contributed by atoms with E-state index in [2.05, 4.69) is 16.3 Å². The van der Waals surface area contributed by atoms with Gasteiger partial charge in [-0.2, -0.15) is 13.2 Å². The van der Waals surface area contributed by atoms with E-state index in [0.717, 1.165) is 16.5 Å². The lowest BCUT2D eigenvalue weighted by molar-refractivity contribution is -0.138. The molecule has 0 aliphatic carbocycles. The zero-order valence-corrected chi connectivity index (χ0v) is 17.8. The van der Waals surface area contributed by atoms with Gasteiger partial charge in [0.2, 0.25) is 0 Å². The molecule has 2 aromatic rings. The number of carbonyl (C=O) groups is 1. The maximum absolute atomic E-state index is 13.2. The zero-order valence-electron chi connectivity index (χ0n) is 16.2. The van der Waals surface area contributed by atoms with Gasteiger partial charge in [-0.15, -0.1) is 16.9 Å². The smallest absolute Gasteiger partial charge is 0.347 e. The number of aryl methyl sites for hydroxylation is 1. The molecule has 0 spiro atoms. The summed E-state index contributed by atoms with van der Waals surface area (Å²) in [7, 11) is 1.77. The molecule has 0 radical (unpaired) electrons. The van der Waals surface area contributed by atoms with Crippen molar-refractivity contribution in [2.45, 2.75) is 25.6 Å². The van der Waals surface area contributed by atoms with E-state index in [1.165, 1.54) is 29.5 Å². The second kappa shape index (κ2) is 8.84. The lowest BCUT2D eigenvalue weighted by Crippen LogP contribution is -2.41. The summed E-state index contributed by atoms with van der Waals surface area (Å²) >= 11 is 7.45. The number of thiophene rings is 1. The Kier molecular flexibility index (Phi) is 6.61. The highest BCUT2D eigenvalue weighted by atomic mass is 35.5. The Balaban J connectivity index is 1.77. The lowest BCUT2D eigenvalue weighted by atomic mass is 9.99. The van der Waals surface area contributed by atoms with Crippen molar-refractivity contribution in [3.05, 3.63) is 61.9 Å². The number of amides is 1. The highest BCUT2D eigenvalue weighted by molar-refractivity contribution is 7.14. The molecule has 6 nitrogen and oxygen atoms in total. The summed E-state index contributed by atoms with van der Waals surface area (Å²) in [5, 5.41) is 4.84. The average Bonchev–Trinajstić information content (AvgIpc) is 3.22. The molecule has 1 aliphatic heterocycles. The highest BCUT2D eigenvalue weighted by Gasteiger charge is 2.33. The molecule has 0 saturated carbocycles. The zero-order chi connectivity index (χ0) is 22.1. The Bertz CT molecular complexity index is 975. The number of hydrazine groups is 2. The number of carbonyl (C=O) groups excluding carboxylic acids is 1. The van der Waals surface area contributed by atoms with Crippen LogP contribution in [-0.4, -0.2) is 30.6 Å². The largest absolute Gasteiger partial charge is 0.416 e. The van der Waals surface area contributed by atoms with E-state index in [1.807, 2.05) is 6.92 Å². The van der Waals surface area contributed by atoms with Gasteiger partial charge in [-0.1, -0.05) is 29.8 Å². The summed E-state index contributed by atoms with van der Waals surface area (Å²) in [6, 6.07) is 6.35. The fourth-order valence-electron chi connectivity index (χ4n) is 3.21. The molecule has 11 heteroatoms. The van der Waals surface area contributed by atoms with Crippen LogP contribution in [0, 0.1) is 6.92 Å². The standard InChI is InChI=1S/C19H21ClF3N5OS/c1-10-13(16-17(20)26-27-28(16)2)8-15(30-10)18(29)25-12(9-24)7-11-5-3-4-6-14(11)19(21,22)23/h3-6,8,12,26-27H,7,9,24H2,1-2H3,(H,25,29)/t12-/m0/s1. The fourth-order valence-corrected chi connectivity index (χ4v) is 4.41. The van der Waals surface area contributed by atoms with E-state index in [0.29, 0.717) is 15.7 Å². The number of nitrogens with one attached hydrogen (secondary N) is 3. The van der Waals surface area contributed by atoms with Crippen LogP contribution in [-0.2, 0) is 12.6 Å². The maximum atomic E-state index is 13.2. The lowest BCUT2D eigenvalue weighted by Gasteiger charge is -2.19. The number of nitrogens with zero attached hydrogens (tertiary/aromatic N) is 1. The molecular formula is C19H21ClF3N5OS. The van der Waals surface area contributed by atoms with E-state index in [-0.39, 0.29) is 18.5 Å². The summed E-state index contributed by atoms with van der Waals surface area (Å²) in [6.45, 7) is 1.86. The summed E-state index contributed by atoms with van der Waals surface area (Å²) in [4.78, 5) is 14.0. The van der Waals surface area contributed by atoms with Crippen LogP contribution < -0.4 is 22.0 Å². The van der Waals surface area contributed by atoms with Crippen molar-refractivity contribution in [3.63, 3.8) is 0 Å². The summed E-state index contributed by atoms with van der Waals surface area (Å²) in [5.74, 6) is -0.396. The first-order valence-corrected chi connectivity index (χ1v) is 10.2. The van der Waals surface area contributed by atoms with E-state index in [1.54, 1.807) is 18.1 Å². The molecule has 1 aromatic heterocycles. The number of halogens is 4. The van der Waals surface area contributed by atoms with Gasteiger partial charge in [-0.05, 0) is 31.0 Å². The first-order valence-electron chi connectivity index (χ1n) is 9.03. The predicted molar refractivity (Wildman–Crippen MR) is 111 cm³/mol. The minimum atomic E-state index is -4.47. The monoisotopic (exact) mass is 459 g/mol. The fraction of sp³-hybridized carbons (Fsp3) is 0.316. The average molecular weight is 460 g/mol. The van der Waals surface area contributed by atoms with Gasteiger partial charge in [0.15, 0.2) is 0 Å². The van der Waals surface area contributed by atoms with Gasteiger partial charge in [0.1, 0.15) is 5.16 Å². The van der Waals surface area contributed by atoms with Gasteiger partial charge in [-0.3, -0.25) is 15.2 Å². The van der Waals surface area contributed by atoms with E-state index < -0.39 is 23.7 Å². The number of rotatable bonds is 6. The van der Waals surface area contributed by atoms with Crippen molar-refractivity contribution < 1.29 is 18.0 Å². The molecular weight excluding hydrogens is 439 g/mol. The summed E-state index contributed by atoms with van der Waals surface area (Å²) in [6.07, 6.45) is -4.50. The van der Waals surface area contributed by atoms with Crippen LogP contribution in [0.4, 0.5) is 13.2 Å². The third kappa shape index (κ3) is 4.72. The Morgan fingerprint density at radius 1 is 1.37 bits per heavy atom. The minimum absolute atomic E-state index is 0.00268. The molecule has 2 heterocycles. The summed E-state index contributed by atoms with van der Waals surface area (Å²) in [5.41, 5.74) is 12.2. The Morgan fingerprint density at radius 3 is 2.67 bits per heavy atom. The van der Waals surface area contributed by atoms with Crippen molar-refractivity contribution >= 4 is 34.5 Å². The van der Waals surface area contributed by atoms with Gasteiger partial charge in [0.25, 0.3) is 5.91 Å². The van der Waals surface area contributed by atoms with Gasteiger partial charge in [0.05, 0.1) is 16.1 Å². The van der Waals surface area contributed by atoms with Gasteiger partial charge in [-0.25, -0.2) is 0 Å². The van der Waals surface area contributed by atoms with Crippen molar-refractivity contribution in [3.8, 4) is 0 Å². The van der Waals surface area contributed by atoms with Crippen LogP contribution >= 0.6 is 22.9 Å². The molecule has 1 amide bonds. The third-order valence-electron chi connectivity index (χ3n) is 4.68. The minimum Gasteiger partial charge on any atom is -0.347 e. The highest BCUT2D eigenvalue weighted by Crippen LogP contribution is 2.34. The van der Waals surface area contributed by atoms with Crippen LogP contribution in [0.2, 0.25) is 0 Å². The first-order chi connectivity index (χ1) is 14.1. The molecule has 1 aromatic carbocycles. The van der Waals surface area contributed by atoms with E-state index >= 15 is 0 Å². The second-order valence-corrected chi connectivity index (χ2v) is 8.44. The van der Waals surface area contributed by atoms with Crippen molar-refractivity contribution in [1.29, 1.82) is 0 Å². The molecule has 3 rings (SSSR count). The van der Waals surface area contributed by atoms with Crippen LogP contribution in [0.3, 0.4) is 0 Å². The Labute approximate surface area is 180 Å². The molecule has 1 atom stereocenters. The second-order valence-electron chi connectivity index (χ2n) is 6.80. The van der Waals surface area contributed by atoms with Crippen molar-refractivity contribution in [2.75, 3.05) is 13.6 Å². The summed E-state index contributed by atoms with van der Waals surface area (Å²) < 4.78 is 39.7. The molecule has 0 unspecified atom stereocenters. The van der Waals surface area contributed by atoms with Gasteiger partial charge >= 0.3 is 6.18 Å². The predicted octanol–water partition coefficient (Wildman–Crippen LogP) is 3.19. The number of benzene rings is 1. The topological polar surface area (TPSA) is 82.4 Å². The molecule has 162 valence electrons. The van der Waals surface area contributed by atoms with Crippen LogP contribution in [0.25, 0.3) is 5.70 Å². The molecule has 1 aliphatic rings. The van der Waals surface area contributed by atoms with E-state index in [4.69, 9.17) is 17.3 Å². The molecule has 30 heavy (non-hydrogen) atoms.